The lowest BCUT2D eigenvalue weighted by molar-refractivity contribution is 1.40. The second-order valence-corrected chi connectivity index (χ2v) is 4.21. The predicted octanol–water partition coefficient (Wildman–Crippen LogP) is 3.55. The van der Waals surface area contributed by atoms with Gasteiger partial charge in [0.1, 0.15) is 5.69 Å². The van der Waals surface area contributed by atoms with Crippen LogP contribution >= 0.6 is 34.9 Å². The molecular formula is C9H7Cl2N3S. The summed E-state index contributed by atoms with van der Waals surface area (Å²) in [5.74, 6) is 0.712. The molecule has 0 radical (unpaired) electrons. The first kappa shape index (κ1) is 10.7. The second-order valence-electron chi connectivity index (χ2n) is 2.84. The van der Waals surface area contributed by atoms with E-state index in [1.807, 2.05) is 0 Å². The highest BCUT2D eigenvalue weighted by molar-refractivity contribution is 6.99. The Kier molecular flexibility index (Phi) is 3.09. The summed E-state index contributed by atoms with van der Waals surface area (Å²) in [6, 6.07) is 5.27. The number of aromatic nitrogens is 2. The van der Waals surface area contributed by atoms with Crippen LogP contribution in [0.1, 0.15) is 0 Å². The maximum absolute atomic E-state index is 6.07. The lowest BCUT2D eigenvalue weighted by Gasteiger charge is -2.03. The van der Waals surface area contributed by atoms with Gasteiger partial charge in [0, 0.05) is 17.6 Å². The number of nitrogens with one attached hydrogen (secondary N) is 1. The Hall–Kier alpha value is -0.840. The van der Waals surface area contributed by atoms with Crippen molar-refractivity contribution in [3.8, 4) is 11.3 Å². The maximum atomic E-state index is 6.07. The first-order valence-corrected chi connectivity index (χ1v) is 5.66. The topological polar surface area (TPSA) is 37.8 Å². The molecule has 2 rings (SSSR count). The molecule has 1 aromatic carbocycles. The molecule has 0 spiro atoms. The zero-order valence-electron chi connectivity index (χ0n) is 7.79. The van der Waals surface area contributed by atoms with Gasteiger partial charge in [-0.3, -0.25) is 0 Å². The summed E-state index contributed by atoms with van der Waals surface area (Å²) in [5.41, 5.74) is 1.53. The van der Waals surface area contributed by atoms with Gasteiger partial charge in [-0.2, -0.15) is 8.75 Å². The largest absolute Gasteiger partial charge is 0.370 e. The third-order valence-corrected chi connectivity index (χ3v) is 3.00. The van der Waals surface area contributed by atoms with Gasteiger partial charge in [0.2, 0.25) is 0 Å². The fourth-order valence-corrected chi connectivity index (χ4v) is 2.15. The molecule has 0 saturated heterocycles. The fraction of sp³-hybridized carbons (Fsp3) is 0.111. The van der Waals surface area contributed by atoms with Crippen molar-refractivity contribution in [3.05, 3.63) is 28.2 Å². The first-order valence-electron chi connectivity index (χ1n) is 4.18. The molecule has 0 saturated carbocycles. The zero-order chi connectivity index (χ0) is 10.8. The standard InChI is InChI=1S/C9H7Cl2N3S/c1-12-9-8(13-15-14-9)6-4-5(10)2-3-7(6)11/h2-4H,1H3,(H,12,14). The molecule has 0 aliphatic rings. The highest BCUT2D eigenvalue weighted by atomic mass is 35.5. The number of nitrogens with zero attached hydrogens (tertiary/aromatic N) is 2. The molecule has 0 bridgehead atoms. The van der Waals surface area contributed by atoms with Crippen molar-refractivity contribution in [2.75, 3.05) is 12.4 Å². The summed E-state index contributed by atoms with van der Waals surface area (Å²) in [6.07, 6.45) is 0. The monoisotopic (exact) mass is 259 g/mol. The Morgan fingerprint density at radius 1 is 1.27 bits per heavy atom. The Labute approximate surface area is 101 Å². The van der Waals surface area contributed by atoms with Crippen LogP contribution in [0.4, 0.5) is 5.82 Å². The molecule has 1 heterocycles. The van der Waals surface area contributed by atoms with Crippen LogP contribution in [0.2, 0.25) is 10.0 Å². The molecule has 15 heavy (non-hydrogen) atoms. The SMILES string of the molecule is CNc1nsnc1-c1cc(Cl)ccc1Cl. The molecule has 3 nitrogen and oxygen atoms in total. The van der Waals surface area contributed by atoms with Crippen LogP contribution in [0.25, 0.3) is 11.3 Å². The second kappa shape index (κ2) is 4.35. The van der Waals surface area contributed by atoms with Crippen LogP contribution in [-0.4, -0.2) is 15.8 Å². The minimum Gasteiger partial charge on any atom is -0.370 e. The Morgan fingerprint density at radius 3 is 2.80 bits per heavy atom. The van der Waals surface area contributed by atoms with E-state index in [0.717, 1.165) is 23.0 Å². The van der Waals surface area contributed by atoms with Gasteiger partial charge in [-0.25, -0.2) is 0 Å². The van der Waals surface area contributed by atoms with E-state index in [4.69, 9.17) is 23.2 Å². The molecule has 2 aromatic rings. The van der Waals surface area contributed by atoms with E-state index >= 15 is 0 Å². The quantitative estimate of drug-likeness (QED) is 0.897. The van der Waals surface area contributed by atoms with Gasteiger partial charge < -0.3 is 5.32 Å². The van der Waals surface area contributed by atoms with Crippen molar-refractivity contribution in [2.45, 2.75) is 0 Å². The molecule has 78 valence electrons. The average Bonchev–Trinajstić information content (AvgIpc) is 2.69. The minimum atomic E-state index is 0.614. The van der Waals surface area contributed by atoms with E-state index in [1.54, 1.807) is 25.2 Å². The van der Waals surface area contributed by atoms with E-state index in [0.29, 0.717) is 15.9 Å². The number of benzene rings is 1. The Bertz CT molecular complexity index is 484. The Balaban J connectivity index is 2.58. The summed E-state index contributed by atoms with van der Waals surface area (Å²) in [4.78, 5) is 0. The van der Waals surface area contributed by atoms with E-state index < -0.39 is 0 Å². The smallest absolute Gasteiger partial charge is 0.167 e. The third-order valence-electron chi connectivity index (χ3n) is 1.91. The van der Waals surface area contributed by atoms with Crippen molar-refractivity contribution < 1.29 is 0 Å². The van der Waals surface area contributed by atoms with E-state index in [-0.39, 0.29) is 0 Å². The van der Waals surface area contributed by atoms with Crippen molar-refractivity contribution in [1.82, 2.24) is 8.75 Å². The summed E-state index contributed by atoms with van der Waals surface area (Å²) >= 11 is 13.1. The van der Waals surface area contributed by atoms with Gasteiger partial charge >= 0.3 is 0 Å². The average molecular weight is 260 g/mol. The van der Waals surface area contributed by atoms with Crippen molar-refractivity contribution >= 4 is 40.7 Å². The van der Waals surface area contributed by atoms with Crippen LogP contribution in [-0.2, 0) is 0 Å². The van der Waals surface area contributed by atoms with Gasteiger partial charge in [0.25, 0.3) is 0 Å². The van der Waals surface area contributed by atoms with E-state index in [1.165, 1.54) is 0 Å². The van der Waals surface area contributed by atoms with Crippen molar-refractivity contribution in [1.29, 1.82) is 0 Å². The van der Waals surface area contributed by atoms with Crippen LogP contribution in [0.3, 0.4) is 0 Å². The van der Waals surface area contributed by atoms with Gasteiger partial charge in [0.05, 0.1) is 16.8 Å². The van der Waals surface area contributed by atoms with Gasteiger partial charge in [-0.1, -0.05) is 23.2 Å². The molecule has 0 fully saturated rings. The highest BCUT2D eigenvalue weighted by Gasteiger charge is 2.12. The maximum Gasteiger partial charge on any atom is 0.167 e. The summed E-state index contributed by atoms with van der Waals surface area (Å²) < 4.78 is 8.28. The molecule has 0 aliphatic carbocycles. The highest BCUT2D eigenvalue weighted by Crippen LogP contribution is 2.33. The fourth-order valence-electron chi connectivity index (χ4n) is 1.21. The predicted molar refractivity (Wildman–Crippen MR) is 64.9 cm³/mol. The van der Waals surface area contributed by atoms with E-state index in [9.17, 15) is 0 Å². The van der Waals surface area contributed by atoms with Gasteiger partial charge in [-0.05, 0) is 18.2 Å². The molecule has 6 heteroatoms. The molecular weight excluding hydrogens is 253 g/mol. The van der Waals surface area contributed by atoms with Gasteiger partial charge in [0.15, 0.2) is 5.82 Å². The number of anilines is 1. The van der Waals surface area contributed by atoms with Crippen molar-refractivity contribution in [2.24, 2.45) is 0 Å². The first-order chi connectivity index (χ1) is 7.22. The lowest BCUT2D eigenvalue weighted by Crippen LogP contribution is -1.91. The third kappa shape index (κ3) is 2.07. The molecule has 0 amide bonds. The van der Waals surface area contributed by atoms with Crippen LogP contribution in [0, 0.1) is 0 Å². The number of hydrogen-bond acceptors (Lipinski definition) is 4. The summed E-state index contributed by atoms with van der Waals surface area (Å²) in [6.45, 7) is 0. The summed E-state index contributed by atoms with van der Waals surface area (Å²) in [5, 5.41) is 4.20. The molecule has 0 unspecified atom stereocenters. The van der Waals surface area contributed by atoms with Crippen molar-refractivity contribution in [3.63, 3.8) is 0 Å². The molecule has 0 atom stereocenters. The lowest BCUT2D eigenvalue weighted by atomic mass is 10.1. The van der Waals surface area contributed by atoms with Gasteiger partial charge in [-0.15, -0.1) is 0 Å². The number of halogens is 2. The number of rotatable bonds is 2. The minimum absolute atomic E-state index is 0.614. The molecule has 1 N–H and O–H groups in total. The molecule has 1 aromatic heterocycles. The molecule has 0 aliphatic heterocycles. The van der Waals surface area contributed by atoms with Crippen LogP contribution < -0.4 is 5.32 Å². The Morgan fingerprint density at radius 2 is 2.07 bits per heavy atom. The van der Waals surface area contributed by atoms with Crippen LogP contribution in [0.15, 0.2) is 18.2 Å². The summed E-state index contributed by atoms with van der Waals surface area (Å²) in [7, 11) is 1.79. The normalized spacial score (nSPS) is 10.3. The zero-order valence-corrected chi connectivity index (χ0v) is 10.1. The van der Waals surface area contributed by atoms with E-state index in [2.05, 4.69) is 14.1 Å². The van der Waals surface area contributed by atoms with Crippen LogP contribution in [0.5, 0.6) is 0 Å². The number of hydrogen-bond donors (Lipinski definition) is 1.